The van der Waals surface area contributed by atoms with Gasteiger partial charge in [0, 0.05) is 33.1 Å². The molecule has 0 saturated carbocycles. The van der Waals surface area contributed by atoms with Crippen molar-refractivity contribution in [1.82, 2.24) is 9.80 Å². The molecular weight excluding hydrogens is 190 g/mol. The van der Waals surface area contributed by atoms with Gasteiger partial charge in [0.2, 0.25) is 5.91 Å². The third-order valence-corrected chi connectivity index (χ3v) is 2.41. The van der Waals surface area contributed by atoms with Crippen LogP contribution in [-0.2, 0) is 4.79 Å². The van der Waals surface area contributed by atoms with Crippen LogP contribution in [0, 0.1) is 0 Å². The Morgan fingerprint density at radius 3 is 2.47 bits per heavy atom. The first-order valence-electron chi connectivity index (χ1n) is 5.31. The van der Waals surface area contributed by atoms with Crippen LogP contribution in [0.15, 0.2) is 11.8 Å². The summed E-state index contributed by atoms with van der Waals surface area (Å²) in [6.45, 7) is 6.32. The van der Waals surface area contributed by atoms with Crippen molar-refractivity contribution in [1.29, 1.82) is 0 Å². The van der Waals surface area contributed by atoms with Crippen molar-refractivity contribution in [3.8, 4) is 0 Å². The van der Waals surface area contributed by atoms with Crippen molar-refractivity contribution in [2.75, 3.05) is 33.7 Å². The van der Waals surface area contributed by atoms with Gasteiger partial charge in [-0.05, 0) is 32.7 Å². The van der Waals surface area contributed by atoms with Crippen molar-refractivity contribution in [2.45, 2.75) is 20.3 Å². The SMILES string of the molecule is CCN(C)C(=O)CCN(C)C/C(C)=C/N. The van der Waals surface area contributed by atoms with E-state index in [0.29, 0.717) is 6.42 Å². The number of likely N-dealkylation sites (N-methyl/N-ethyl adjacent to an activating group) is 1. The molecule has 0 bridgehead atoms. The third kappa shape index (κ3) is 6.12. The molecule has 0 heterocycles. The minimum Gasteiger partial charge on any atom is -0.405 e. The Morgan fingerprint density at radius 2 is 2.00 bits per heavy atom. The van der Waals surface area contributed by atoms with Crippen molar-refractivity contribution < 1.29 is 4.79 Å². The van der Waals surface area contributed by atoms with E-state index in [1.54, 1.807) is 11.1 Å². The number of nitrogens with two attached hydrogens (primary N) is 1. The molecule has 0 saturated heterocycles. The Hall–Kier alpha value is -1.03. The van der Waals surface area contributed by atoms with Crippen LogP contribution in [0.5, 0.6) is 0 Å². The number of nitrogens with zero attached hydrogens (tertiary/aromatic N) is 2. The molecule has 0 spiro atoms. The van der Waals surface area contributed by atoms with E-state index >= 15 is 0 Å². The average Bonchev–Trinajstić information content (AvgIpc) is 2.24. The highest BCUT2D eigenvalue weighted by Crippen LogP contribution is 1.97. The molecule has 15 heavy (non-hydrogen) atoms. The second-order valence-corrected chi connectivity index (χ2v) is 3.91. The molecule has 4 nitrogen and oxygen atoms in total. The van der Waals surface area contributed by atoms with E-state index in [-0.39, 0.29) is 5.91 Å². The number of hydrogen-bond donors (Lipinski definition) is 1. The standard InChI is InChI=1S/C11H23N3O/c1-5-14(4)11(15)6-7-13(3)9-10(2)8-12/h8H,5-7,9,12H2,1-4H3/b10-8+. The Kier molecular flexibility index (Phi) is 6.79. The summed E-state index contributed by atoms with van der Waals surface area (Å²) in [5.74, 6) is 0.193. The summed E-state index contributed by atoms with van der Waals surface area (Å²) in [4.78, 5) is 15.3. The summed E-state index contributed by atoms with van der Waals surface area (Å²) >= 11 is 0. The lowest BCUT2D eigenvalue weighted by Gasteiger charge is -2.19. The number of rotatable bonds is 6. The van der Waals surface area contributed by atoms with Crippen LogP contribution >= 0.6 is 0 Å². The van der Waals surface area contributed by atoms with Crippen LogP contribution in [0.4, 0.5) is 0 Å². The van der Waals surface area contributed by atoms with E-state index in [9.17, 15) is 4.79 Å². The molecule has 0 unspecified atom stereocenters. The first-order chi connectivity index (χ1) is 7.01. The zero-order valence-corrected chi connectivity index (χ0v) is 10.3. The summed E-state index contributed by atoms with van der Waals surface area (Å²) in [6, 6.07) is 0. The second-order valence-electron chi connectivity index (χ2n) is 3.91. The lowest BCUT2D eigenvalue weighted by atomic mass is 10.3. The first-order valence-corrected chi connectivity index (χ1v) is 5.31. The highest BCUT2D eigenvalue weighted by molar-refractivity contribution is 5.75. The van der Waals surface area contributed by atoms with Crippen molar-refractivity contribution in [3.63, 3.8) is 0 Å². The largest absolute Gasteiger partial charge is 0.405 e. The highest BCUT2D eigenvalue weighted by Gasteiger charge is 2.07. The van der Waals surface area contributed by atoms with Gasteiger partial charge in [-0.25, -0.2) is 0 Å². The van der Waals surface area contributed by atoms with Gasteiger partial charge in [-0.2, -0.15) is 0 Å². The van der Waals surface area contributed by atoms with Gasteiger partial charge in [-0.1, -0.05) is 0 Å². The second kappa shape index (κ2) is 7.29. The zero-order chi connectivity index (χ0) is 11.8. The maximum Gasteiger partial charge on any atom is 0.223 e. The van der Waals surface area contributed by atoms with Crippen molar-refractivity contribution in [3.05, 3.63) is 11.8 Å². The number of carbonyl (C=O) groups excluding carboxylic acids is 1. The number of carbonyl (C=O) groups is 1. The molecule has 0 atom stereocenters. The Balaban J connectivity index is 3.80. The average molecular weight is 213 g/mol. The molecule has 0 aliphatic rings. The molecule has 1 amide bonds. The molecule has 0 rings (SSSR count). The van der Waals surface area contributed by atoms with Gasteiger partial charge in [-0.3, -0.25) is 4.79 Å². The predicted octanol–water partition coefficient (Wildman–Crippen LogP) is 0.649. The topological polar surface area (TPSA) is 49.6 Å². The predicted molar refractivity (Wildman–Crippen MR) is 63.4 cm³/mol. The molecule has 0 aromatic rings. The maximum absolute atomic E-state index is 11.5. The summed E-state index contributed by atoms with van der Waals surface area (Å²) in [5, 5.41) is 0. The van der Waals surface area contributed by atoms with Crippen LogP contribution < -0.4 is 5.73 Å². The molecule has 2 N–H and O–H groups in total. The third-order valence-electron chi connectivity index (χ3n) is 2.41. The molecule has 0 aliphatic carbocycles. The van der Waals surface area contributed by atoms with E-state index in [1.165, 1.54) is 0 Å². The molecule has 0 radical (unpaired) electrons. The Bertz CT molecular complexity index is 226. The summed E-state index contributed by atoms with van der Waals surface area (Å²) in [6.07, 6.45) is 2.18. The van der Waals surface area contributed by atoms with Crippen LogP contribution in [-0.4, -0.2) is 49.4 Å². The Labute approximate surface area is 92.7 Å². The smallest absolute Gasteiger partial charge is 0.223 e. The lowest BCUT2D eigenvalue weighted by Crippen LogP contribution is -2.31. The van der Waals surface area contributed by atoms with E-state index in [1.807, 2.05) is 27.9 Å². The first kappa shape index (κ1) is 14.0. The van der Waals surface area contributed by atoms with Crippen LogP contribution in [0.25, 0.3) is 0 Å². The highest BCUT2D eigenvalue weighted by atomic mass is 16.2. The fourth-order valence-electron chi connectivity index (χ4n) is 1.21. The molecule has 0 aliphatic heterocycles. The minimum absolute atomic E-state index is 0.193. The van der Waals surface area contributed by atoms with Crippen LogP contribution in [0.2, 0.25) is 0 Å². The van der Waals surface area contributed by atoms with Gasteiger partial charge in [0.15, 0.2) is 0 Å². The molecule has 88 valence electrons. The molecule has 4 heteroatoms. The molecule has 0 aromatic carbocycles. The van der Waals surface area contributed by atoms with Gasteiger partial charge in [0.1, 0.15) is 0 Å². The minimum atomic E-state index is 0.193. The van der Waals surface area contributed by atoms with Gasteiger partial charge < -0.3 is 15.5 Å². The summed E-state index contributed by atoms with van der Waals surface area (Å²) < 4.78 is 0. The molecule has 0 aromatic heterocycles. The van der Waals surface area contributed by atoms with Crippen LogP contribution in [0.3, 0.4) is 0 Å². The summed E-state index contributed by atoms with van der Waals surface area (Å²) in [5.41, 5.74) is 6.50. The number of hydrogen-bond acceptors (Lipinski definition) is 3. The quantitative estimate of drug-likeness (QED) is 0.705. The van der Waals surface area contributed by atoms with Gasteiger partial charge >= 0.3 is 0 Å². The van der Waals surface area contributed by atoms with E-state index in [2.05, 4.69) is 4.90 Å². The van der Waals surface area contributed by atoms with Crippen molar-refractivity contribution in [2.24, 2.45) is 5.73 Å². The van der Waals surface area contributed by atoms with Crippen LogP contribution in [0.1, 0.15) is 20.3 Å². The maximum atomic E-state index is 11.5. The fraction of sp³-hybridized carbons (Fsp3) is 0.727. The van der Waals surface area contributed by atoms with E-state index < -0.39 is 0 Å². The zero-order valence-electron chi connectivity index (χ0n) is 10.3. The normalized spacial score (nSPS) is 11.9. The van der Waals surface area contributed by atoms with Gasteiger partial charge in [-0.15, -0.1) is 0 Å². The van der Waals surface area contributed by atoms with E-state index in [4.69, 9.17) is 5.73 Å². The molecule has 0 fully saturated rings. The Morgan fingerprint density at radius 1 is 1.40 bits per heavy atom. The lowest BCUT2D eigenvalue weighted by molar-refractivity contribution is -0.129. The van der Waals surface area contributed by atoms with Crippen molar-refractivity contribution >= 4 is 5.91 Å². The summed E-state index contributed by atoms with van der Waals surface area (Å²) in [7, 11) is 3.82. The molecular formula is C11H23N3O. The fourth-order valence-corrected chi connectivity index (χ4v) is 1.21. The van der Waals surface area contributed by atoms with Gasteiger partial charge in [0.05, 0.1) is 0 Å². The van der Waals surface area contributed by atoms with Gasteiger partial charge in [0.25, 0.3) is 0 Å². The number of amides is 1. The monoisotopic (exact) mass is 213 g/mol. The van der Waals surface area contributed by atoms with E-state index in [0.717, 1.165) is 25.2 Å².